The number of methoxy groups -OCH3 is 1. The molecule has 1 amide bonds. The summed E-state index contributed by atoms with van der Waals surface area (Å²) in [5.74, 6) is 0.825. The van der Waals surface area contributed by atoms with Crippen LogP contribution >= 0.6 is 12.4 Å². The van der Waals surface area contributed by atoms with Crippen molar-refractivity contribution in [2.75, 3.05) is 20.2 Å². The van der Waals surface area contributed by atoms with E-state index in [9.17, 15) is 4.79 Å². The third-order valence-corrected chi connectivity index (χ3v) is 4.96. The quantitative estimate of drug-likeness (QED) is 0.910. The van der Waals surface area contributed by atoms with E-state index in [1.807, 2.05) is 35.4 Å². The molecule has 0 aliphatic carbocycles. The van der Waals surface area contributed by atoms with Crippen molar-refractivity contribution in [3.05, 3.63) is 42.2 Å². The second-order valence-corrected chi connectivity index (χ2v) is 6.52. The summed E-state index contributed by atoms with van der Waals surface area (Å²) in [6, 6.07) is 10.4. The van der Waals surface area contributed by atoms with E-state index in [1.165, 1.54) is 6.42 Å². The zero-order valence-electron chi connectivity index (χ0n) is 14.2. The Balaban J connectivity index is 0.00000182. The van der Waals surface area contributed by atoms with Crippen LogP contribution in [0.25, 0.3) is 5.69 Å². The summed E-state index contributed by atoms with van der Waals surface area (Å²) in [5, 5.41) is 8.07. The lowest BCUT2D eigenvalue weighted by Crippen LogP contribution is -2.39. The van der Waals surface area contributed by atoms with E-state index in [4.69, 9.17) is 4.74 Å². The van der Waals surface area contributed by atoms with Crippen molar-refractivity contribution in [1.82, 2.24) is 20.0 Å². The van der Waals surface area contributed by atoms with Crippen LogP contribution in [0.15, 0.2) is 36.5 Å². The van der Waals surface area contributed by atoms with Crippen LogP contribution < -0.4 is 10.1 Å². The summed E-state index contributed by atoms with van der Waals surface area (Å²) in [6.45, 7) is 1.59. The predicted octanol–water partition coefficient (Wildman–Crippen LogP) is 2.27. The van der Waals surface area contributed by atoms with Gasteiger partial charge >= 0.3 is 0 Å². The minimum absolute atomic E-state index is 0. The average molecular weight is 363 g/mol. The number of fused-ring (bicyclic) bond motifs is 2. The average Bonchev–Trinajstić information content (AvgIpc) is 3.21. The molecule has 2 unspecified atom stereocenters. The van der Waals surface area contributed by atoms with Gasteiger partial charge in [-0.3, -0.25) is 4.79 Å². The molecule has 1 aromatic heterocycles. The number of nitrogens with zero attached hydrogens (tertiary/aromatic N) is 3. The normalized spacial score (nSPS) is 22.2. The smallest absolute Gasteiger partial charge is 0.274 e. The number of hydrogen-bond acceptors (Lipinski definition) is 4. The van der Waals surface area contributed by atoms with Gasteiger partial charge in [0.1, 0.15) is 5.75 Å². The molecule has 6 nitrogen and oxygen atoms in total. The van der Waals surface area contributed by atoms with Gasteiger partial charge in [-0.25, -0.2) is 4.68 Å². The topological polar surface area (TPSA) is 59.4 Å². The van der Waals surface area contributed by atoms with Crippen LogP contribution in [-0.2, 0) is 0 Å². The number of carbonyl (C=O) groups is 1. The van der Waals surface area contributed by atoms with Crippen LogP contribution in [0.5, 0.6) is 5.75 Å². The Kier molecular flexibility index (Phi) is 5.30. The van der Waals surface area contributed by atoms with Crippen molar-refractivity contribution in [2.24, 2.45) is 0 Å². The van der Waals surface area contributed by atoms with Gasteiger partial charge in [-0.05, 0) is 49.6 Å². The summed E-state index contributed by atoms with van der Waals surface area (Å²) in [6.07, 6.45) is 5.26. The number of hydrogen-bond donors (Lipinski definition) is 1. The summed E-state index contributed by atoms with van der Waals surface area (Å²) in [5.41, 5.74) is 1.41. The Morgan fingerprint density at radius 2 is 1.92 bits per heavy atom. The summed E-state index contributed by atoms with van der Waals surface area (Å²) < 4.78 is 6.90. The highest BCUT2D eigenvalue weighted by molar-refractivity contribution is 5.92. The number of halogens is 1. The van der Waals surface area contributed by atoms with Crippen LogP contribution in [-0.4, -0.2) is 52.9 Å². The van der Waals surface area contributed by atoms with Crippen molar-refractivity contribution >= 4 is 18.3 Å². The highest BCUT2D eigenvalue weighted by Crippen LogP contribution is 2.21. The fraction of sp³-hybridized carbons (Fsp3) is 0.444. The second-order valence-electron chi connectivity index (χ2n) is 6.52. The number of carbonyl (C=O) groups excluding carboxylic acids is 1. The number of nitrogens with one attached hydrogen (secondary N) is 1. The Bertz CT molecular complexity index is 731. The van der Waals surface area contributed by atoms with Crippen LogP contribution in [0.4, 0.5) is 0 Å². The zero-order chi connectivity index (χ0) is 16.5. The Morgan fingerprint density at radius 1 is 1.16 bits per heavy atom. The van der Waals surface area contributed by atoms with Gasteiger partial charge in [0.15, 0.2) is 5.69 Å². The molecule has 2 aromatic rings. The molecule has 2 atom stereocenters. The molecule has 1 aromatic carbocycles. The standard InChI is InChI=1S/C18H22N4O2.ClH/c1-24-16-6-4-15(5-7-16)22-11-9-17(20-22)18(23)21-10-8-13-2-3-14(12-21)19-13;/h4-7,9,11,13-14,19H,2-3,8,10,12H2,1H3;1H. The van der Waals surface area contributed by atoms with Crippen molar-refractivity contribution in [1.29, 1.82) is 0 Å². The van der Waals surface area contributed by atoms with Crippen molar-refractivity contribution < 1.29 is 9.53 Å². The Morgan fingerprint density at radius 3 is 2.68 bits per heavy atom. The summed E-state index contributed by atoms with van der Waals surface area (Å²) in [4.78, 5) is 14.7. The highest BCUT2D eigenvalue weighted by atomic mass is 35.5. The fourth-order valence-corrected chi connectivity index (χ4v) is 3.61. The van der Waals surface area contributed by atoms with Gasteiger partial charge in [-0.1, -0.05) is 0 Å². The van der Waals surface area contributed by atoms with E-state index in [-0.39, 0.29) is 18.3 Å². The molecule has 4 rings (SSSR count). The molecular formula is C18H23ClN4O2. The van der Waals surface area contributed by atoms with Gasteiger partial charge in [0.2, 0.25) is 0 Å². The van der Waals surface area contributed by atoms with E-state index in [0.717, 1.165) is 37.4 Å². The molecule has 0 spiro atoms. The maximum atomic E-state index is 12.8. The molecule has 2 bridgehead atoms. The molecule has 0 radical (unpaired) electrons. The molecule has 134 valence electrons. The Hall–Kier alpha value is -2.05. The monoisotopic (exact) mass is 362 g/mol. The molecular weight excluding hydrogens is 340 g/mol. The number of rotatable bonds is 3. The maximum absolute atomic E-state index is 12.8. The number of amides is 1. The number of ether oxygens (including phenoxy) is 1. The van der Waals surface area contributed by atoms with Gasteiger partial charge in [-0.15, -0.1) is 12.4 Å². The first-order valence-corrected chi connectivity index (χ1v) is 8.48. The molecule has 7 heteroatoms. The molecule has 2 saturated heterocycles. The first-order valence-electron chi connectivity index (χ1n) is 8.48. The lowest BCUT2D eigenvalue weighted by molar-refractivity contribution is 0.0741. The van der Waals surface area contributed by atoms with Gasteiger partial charge < -0.3 is 15.0 Å². The number of aromatic nitrogens is 2. The van der Waals surface area contributed by atoms with Crippen LogP contribution in [0.3, 0.4) is 0 Å². The molecule has 25 heavy (non-hydrogen) atoms. The SMILES string of the molecule is COc1ccc(-n2ccc(C(=O)N3CCC4CCC(C3)N4)n2)cc1.Cl. The van der Waals surface area contributed by atoms with Gasteiger partial charge in [0.25, 0.3) is 5.91 Å². The van der Waals surface area contributed by atoms with E-state index >= 15 is 0 Å². The van der Waals surface area contributed by atoms with E-state index in [0.29, 0.717) is 17.8 Å². The summed E-state index contributed by atoms with van der Waals surface area (Å²) in [7, 11) is 1.64. The third kappa shape index (κ3) is 3.65. The second kappa shape index (κ2) is 7.45. The largest absolute Gasteiger partial charge is 0.497 e. The molecule has 3 heterocycles. The maximum Gasteiger partial charge on any atom is 0.274 e. The third-order valence-electron chi connectivity index (χ3n) is 4.96. The molecule has 2 fully saturated rings. The number of benzene rings is 1. The van der Waals surface area contributed by atoms with E-state index in [1.54, 1.807) is 17.9 Å². The molecule has 0 saturated carbocycles. The van der Waals surface area contributed by atoms with Crippen LogP contribution in [0.1, 0.15) is 29.8 Å². The van der Waals surface area contributed by atoms with Crippen molar-refractivity contribution in [3.63, 3.8) is 0 Å². The minimum Gasteiger partial charge on any atom is -0.497 e. The van der Waals surface area contributed by atoms with Crippen LogP contribution in [0, 0.1) is 0 Å². The zero-order valence-corrected chi connectivity index (χ0v) is 15.0. The number of likely N-dealkylation sites (tertiary alicyclic amines) is 1. The fourth-order valence-electron chi connectivity index (χ4n) is 3.61. The van der Waals surface area contributed by atoms with Gasteiger partial charge in [0.05, 0.1) is 12.8 Å². The first kappa shape index (κ1) is 17.8. The van der Waals surface area contributed by atoms with Crippen LogP contribution in [0.2, 0.25) is 0 Å². The van der Waals surface area contributed by atoms with Gasteiger partial charge in [0, 0.05) is 31.4 Å². The lowest BCUT2D eigenvalue weighted by Gasteiger charge is -2.23. The molecule has 1 N–H and O–H groups in total. The minimum atomic E-state index is 0. The van der Waals surface area contributed by atoms with Crippen molar-refractivity contribution in [3.8, 4) is 11.4 Å². The molecule has 2 aliphatic heterocycles. The predicted molar refractivity (Wildman–Crippen MR) is 97.8 cm³/mol. The van der Waals surface area contributed by atoms with E-state index in [2.05, 4.69) is 10.4 Å². The lowest BCUT2D eigenvalue weighted by atomic mass is 10.1. The molecule has 2 aliphatic rings. The first-order chi connectivity index (χ1) is 11.7. The summed E-state index contributed by atoms with van der Waals surface area (Å²) >= 11 is 0. The highest BCUT2D eigenvalue weighted by Gasteiger charge is 2.32. The van der Waals surface area contributed by atoms with Crippen molar-refractivity contribution in [2.45, 2.75) is 31.3 Å². The van der Waals surface area contributed by atoms with E-state index < -0.39 is 0 Å². The Labute approximate surface area is 153 Å². The van der Waals surface area contributed by atoms with Gasteiger partial charge in [-0.2, -0.15) is 5.10 Å².